The van der Waals surface area contributed by atoms with E-state index >= 15 is 0 Å². The first-order valence-corrected chi connectivity index (χ1v) is 7.22. The molecule has 0 aromatic heterocycles. The van der Waals surface area contributed by atoms with Crippen LogP contribution in [-0.4, -0.2) is 0 Å². The Bertz CT molecular complexity index is 595. The van der Waals surface area contributed by atoms with Crippen molar-refractivity contribution in [2.75, 3.05) is 0 Å². The molecule has 2 aromatic rings. The molecule has 0 spiro atoms. The van der Waals surface area contributed by atoms with Gasteiger partial charge >= 0.3 is 0 Å². The molecular weight excluding hydrogens is 248 g/mol. The fourth-order valence-corrected chi connectivity index (χ4v) is 2.36. The summed E-state index contributed by atoms with van der Waals surface area (Å²) < 4.78 is 5.85. The predicted molar refractivity (Wildman–Crippen MR) is 79.2 cm³/mol. The van der Waals surface area contributed by atoms with E-state index in [-0.39, 0.29) is 5.75 Å². The van der Waals surface area contributed by atoms with E-state index in [1.165, 1.54) is 5.56 Å². The van der Waals surface area contributed by atoms with E-state index in [1.807, 2.05) is 18.2 Å². The van der Waals surface area contributed by atoms with Crippen LogP contribution < -0.4 is 4.74 Å². The highest BCUT2D eigenvalue weighted by atomic mass is 16.5. The molecule has 0 aliphatic heterocycles. The third-order valence-corrected chi connectivity index (χ3v) is 3.78. The van der Waals surface area contributed by atoms with Gasteiger partial charge in [-0.15, -0.1) is 0 Å². The Labute approximate surface area is 120 Å². The van der Waals surface area contributed by atoms with E-state index in [2.05, 4.69) is 26.0 Å². The molecule has 2 heteroatoms. The highest BCUT2D eigenvalue weighted by Gasteiger charge is 2.27. The standard InChI is InChI=1S/C18H19O2/c1-12(2)13-5-7-15(8-6-13)20-16-9-10-18(19)17(11-16)14-3-4-14/h5-12,14H,3-4H2,1-2H3. The first kappa shape index (κ1) is 13.0. The lowest BCUT2D eigenvalue weighted by Crippen LogP contribution is -1.89. The fraction of sp³-hybridized carbons (Fsp3) is 0.333. The van der Waals surface area contributed by atoms with Crippen molar-refractivity contribution in [1.29, 1.82) is 0 Å². The summed E-state index contributed by atoms with van der Waals surface area (Å²) in [5, 5.41) is 11.8. The van der Waals surface area contributed by atoms with Crippen LogP contribution in [0.5, 0.6) is 17.2 Å². The molecule has 1 aliphatic rings. The van der Waals surface area contributed by atoms with E-state index in [1.54, 1.807) is 12.1 Å². The van der Waals surface area contributed by atoms with Crippen molar-refractivity contribution in [1.82, 2.24) is 0 Å². The summed E-state index contributed by atoms with van der Waals surface area (Å²) in [5.74, 6) is 2.67. The Hall–Kier alpha value is -1.96. The van der Waals surface area contributed by atoms with Crippen molar-refractivity contribution in [3.63, 3.8) is 0 Å². The molecule has 3 rings (SSSR count). The molecule has 0 unspecified atom stereocenters. The summed E-state index contributed by atoms with van der Waals surface area (Å²) in [6.45, 7) is 4.34. The maximum absolute atomic E-state index is 11.8. The van der Waals surface area contributed by atoms with E-state index < -0.39 is 0 Å². The van der Waals surface area contributed by atoms with Crippen LogP contribution in [0.2, 0.25) is 0 Å². The smallest absolute Gasteiger partial charge is 0.182 e. The lowest BCUT2D eigenvalue weighted by atomic mass is 10.0. The van der Waals surface area contributed by atoms with Gasteiger partial charge < -0.3 is 4.74 Å². The van der Waals surface area contributed by atoms with Gasteiger partial charge in [-0.25, -0.2) is 0 Å². The van der Waals surface area contributed by atoms with Gasteiger partial charge in [0.05, 0.1) is 0 Å². The maximum atomic E-state index is 11.8. The van der Waals surface area contributed by atoms with Crippen molar-refractivity contribution in [3.05, 3.63) is 53.6 Å². The minimum absolute atomic E-state index is 0.134. The fourth-order valence-electron chi connectivity index (χ4n) is 2.36. The highest BCUT2D eigenvalue weighted by molar-refractivity contribution is 5.44. The van der Waals surface area contributed by atoms with Crippen LogP contribution in [-0.2, 0) is 5.11 Å². The molecule has 0 heterocycles. The average Bonchev–Trinajstić information content (AvgIpc) is 3.26. The van der Waals surface area contributed by atoms with Gasteiger partial charge in [-0.2, -0.15) is 0 Å². The van der Waals surface area contributed by atoms with Crippen molar-refractivity contribution in [2.45, 2.75) is 38.5 Å². The molecule has 20 heavy (non-hydrogen) atoms. The molecule has 0 atom stereocenters. The van der Waals surface area contributed by atoms with Crippen LogP contribution in [0.25, 0.3) is 0 Å². The molecule has 2 nitrogen and oxygen atoms in total. The summed E-state index contributed by atoms with van der Waals surface area (Å²) in [5.41, 5.74) is 2.20. The van der Waals surface area contributed by atoms with E-state index in [0.717, 1.165) is 29.9 Å². The largest absolute Gasteiger partial charge is 0.457 e. The van der Waals surface area contributed by atoms with Gasteiger partial charge in [-0.1, -0.05) is 26.0 Å². The van der Waals surface area contributed by atoms with E-state index in [4.69, 9.17) is 4.74 Å². The molecular formula is C18H19O2. The number of hydrogen-bond acceptors (Lipinski definition) is 1. The molecule has 1 fully saturated rings. The zero-order chi connectivity index (χ0) is 14.1. The predicted octanol–water partition coefficient (Wildman–Crippen LogP) is 5.62. The van der Waals surface area contributed by atoms with E-state index in [9.17, 15) is 5.11 Å². The first-order valence-electron chi connectivity index (χ1n) is 7.22. The van der Waals surface area contributed by atoms with Crippen LogP contribution in [0, 0.1) is 0 Å². The van der Waals surface area contributed by atoms with Gasteiger partial charge in [-0.3, -0.25) is 5.11 Å². The topological polar surface area (TPSA) is 29.1 Å². The quantitative estimate of drug-likeness (QED) is 0.706. The lowest BCUT2D eigenvalue weighted by Gasteiger charge is -2.10. The molecule has 0 N–H and O–H groups in total. The SMILES string of the molecule is CC(C)c1ccc(Oc2ccc([O])c(C3CC3)c2)cc1. The number of rotatable bonds is 4. The normalized spacial score (nSPS) is 14.6. The van der Waals surface area contributed by atoms with Gasteiger partial charge in [0, 0.05) is 5.56 Å². The molecule has 1 aliphatic carbocycles. The van der Waals surface area contributed by atoms with Crippen molar-refractivity contribution < 1.29 is 9.84 Å². The molecule has 0 amide bonds. The Balaban J connectivity index is 1.78. The zero-order valence-electron chi connectivity index (χ0n) is 11.9. The molecule has 103 valence electrons. The molecule has 1 radical (unpaired) electrons. The summed E-state index contributed by atoms with van der Waals surface area (Å²) in [4.78, 5) is 0. The second-order valence-electron chi connectivity index (χ2n) is 5.80. The summed E-state index contributed by atoms with van der Waals surface area (Å²) in [6.07, 6.45) is 2.25. The minimum atomic E-state index is 0.134. The van der Waals surface area contributed by atoms with Crippen molar-refractivity contribution in [2.24, 2.45) is 0 Å². The van der Waals surface area contributed by atoms with Crippen LogP contribution in [0.4, 0.5) is 0 Å². The maximum Gasteiger partial charge on any atom is 0.182 e. The lowest BCUT2D eigenvalue weighted by molar-refractivity contribution is 0.349. The molecule has 2 aromatic carbocycles. The monoisotopic (exact) mass is 267 g/mol. The van der Waals surface area contributed by atoms with Crippen molar-refractivity contribution in [3.8, 4) is 17.2 Å². The molecule has 1 saturated carbocycles. The van der Waals surface area contributed by atoms with Gasteiger partial charge in [0.2, 0.25) is 0 Å². The van der Waals surface area contributed by atoms with Crippen LogP contribution in [0.1, 0.15) is 49.7 Å². The molecule has 0 saturated heterocycles. The Kier molecular flexibility index (Phi) is 3.39. The molecule has 0 bridgehead atoms. The first-order chi connectivity index (χ1) is 9.63. The zero-order valence-corrected chi connectivity index (χ0v) is 11.9. The Morgan fingerprint density at radius 2 is 1.65 bits per heavy atom. The second kappa shape index (κ2) is 5.20. The Morgan fingerprint density at radius 1 is 1.00 bits per heavy atom. The number of hydrogen-bond donors (Lipinski definition) is 0. The third-order valence-electron chi connectivity index (χ3n) is 3.78. The summed E-state index contributed by atoms with van der Waals surface area (Å²) in [7, 11) is 0. The van der Waals surface area contributed by atoms with E-state index in [0.29, 0.717) is 11.8 Å². The Morgan fingerprint density at radius 3 is 2.25 bits per heavy atom. The number of ether oxygens (including phenoxy) is 1. The summed E-state index contributed by atoms with van der Waals surface area (Å²) >= 11 is 0. The minimum Gasteiger partial charge on any atom is -0.457 e. The second-order valence-corrected chi connectivity index (χ2v) is 5.80. The van der Waals surface area contributed by atoms with Gasteiger partial charge in [-0.05, 0) is 60.6 Å². The number of benzene rings is 2. The van der Waals surface area contributed by atoms with Crippen LogP contribution in [0.3, 0.4) is 0 Å². The van der Waals surface area contributed by atoms with Gasteiger partial charge in [0.25, 0.3) is 0 Å². The third kappa shape index (κ3) is 2.79. The van der Waals surface area contributed by atoms with Crippen molar-refractivity contribution >= 4 is 0 Å². The van der Waals surface area contributed by atoms with Gasteiger partial charge in [0.15, 0.2) is 5.75 Å². The van der Waals surface area contributed by atoms with Gasteiger partial charge in [0.1, 0.15) is 11.5 Å². The van der Waals surface area contributed by atoms with Crippen LogP contribution in [0.15, 0.2) is 42.5 Å². The van der Waals surface area contributed by atoms with Crippen LogP contribution >= 0.6 is 0 Å². The summed E-state index contributed by atoms with van der Waals surface area (Å²) in [6, 6.07) is 13.4. The highest BCUT2D eigenvalue weighted by Crippen LogP contribution is 2.45. The average molecular weight is 267 g/mol.